The second-order valence-corrected chi connectivity index (χ2v) is 4.34. The first-order chi connectivity index (χ1) is 9.71. The number of nitrogens with zero attached hydrogens (tertiary/aromatic N) is 5. The number of ether oxygens (including phenoxy) is 2. The number of fused-ring (bicyclic) bond motifs is 1. The fourth-order valence-electron chi connectivity index (χ4n) is 1.94. The summed E-state index contributed by atoms with van der Waals surface area (Å²) < 4.78 is 10.3. The van der Waals surface area contributed by atoms with E-state index in [0.717, 1.165) is 5.39 Å². The van der Waals surface area contributed by atoms with Crippen LogP contribution in [0.3, 0.4) is 0 Å². The van der Waals surface area contributed by atoms with Gasteiger partial charge in [-0.25, -0.2) is 9.97 Å². The van der Waals surface area contributed by atoms with Crippen molar-refractivity contribution in [2.24, 2.45) is 5.11 Å². The van der Waals surface area contributed by atoms with Crippen LogP contribution in [0.15, 0.2) is 23.6 Å². The third-order valence-corrected chi connectivity index (χ3v) is 3.01. The molecule has 0 aliphatic heterocycles. The van der Waals surface area contributed by atoms with Crippen molar-refractivity contribution in [2.45, 2.75) is 6.04 Å². The van der Waals surface area contributed by atoms with E-state index in [1.807, 2.05) is 0 Å². The second kappa shape index (κ2) is 6.38. The van der Waals surface area contributed by atoms with Crippen molar-refractivity contribution >= 4 is 22.4 Å². The zero-order valence-electron chi connectivity index (χ0n) is 10.9. The van der Waals surface area contributed by atoms with Crippen molar-refractivity contribution in [1.82, 2.24) is 9.97 Å². The lowest BCUT2D eigenvalue weighted by Crippen LogP contribution is -2.05. The van der Waals surface area contributed by atoms with E-state index in [9.17, 15) is 0 Å². The molecular weight excluding hydrogens is 282 g/mol. The van der Waals surface area contributed by atoms with Gasteiger partial charge in [-0.15, -0.1) is 0 Å². The molecular formula is C12H12ClN5O2. The number of halogens is 1. The summed E-state index contributed by atoms with van der Waals surface area (Å²) >= 11 is 5.94. The van der Waals surface area contributed by atoms with Gasteiger partial charge in [0.05, 0.1) is 25.1 Å². The van der Waals surface area contributed by atoms with Gasteiger partial charge in [0, 0.05) is 24.4 Å². The normalized spacial score (nSPS) is 11.9. The average Bonchev–Trinajstić information content (AvgIpc) is 2.45. The van der Waals surface area contributed by atoms with Crippen LogP contribution in [0.25, 0.3) is 21.2 Å². The predicted molar refractivity (Wildman–Crippen MR) is 74.9 cm³/mol. The molecule has 20 heavy (non-hydrogen) atoms. The maximum atomic E-state index is 8.67. The number of hydrogen-bond acceptors (Lipinski definition) is 5. The molecule has 0 aromatic carbocycles. The molecule has 0 bridgehead atoms. The molecule has 1 atom stereocenters. The van der Waals surface area contributed by atoms with Gasteiger partial charge in [0.2, 0.25) is 5.88 Å². The topological polar surface area (TPSA) is 93.0 Å². The fraction of sp³-hybridized carbons (Fsp3) is 0.333. The van der Waals surface area contributed by atoms with E-state index in [1.54, 1.807) is 18.5 Å². The van der Waals surface area contributed by atoms with Crippen molar-refractivity contribution in [1.29, 1.82) is 0 Å². The molecule has 2 aromatic heterocycles. The van der Waals surface area contributed by atoms with Crippen molar-refractivity contribution < 1.29 is 9.47 Å². The SMILES string of the molecule is COC[C@H](N=[N+]=[N-])c1cnc(OC)c2cnc(Cl)cc12. The Balaban J connectivity index is 2.69. The Hall–Kier alpha value is -2.08. The highest BCUT2D eigenvalue weighted by Crippen LogP contribution is 2.32. The Morgan fingerprint density at radius 2 is 2.15 bits per heavy atom. The summed E-state index contributed by atoms with van der Waals surface area (Å²) in [4.78, 5) is 11.1. The number of aromatic nitrogens is 2. The van der Waals surface area contributed by atoms with Crippen molar-refractivity contribution in [2.75, 3.05) is 20.8 Å². The van der Waals surface area contributed by atoms with Gasteiger partial charge < -0.3 is 9.47 Å². The van der Waals surface area contributed by atoms with Crippen molar-refractivity contribution in [3.05, 3.63) is 39.6 Å². The molecule has 0 saturated carbocycles. The van der Waals surface area contributed by atoms with E-state index in [-0.39, 0.29) is 6.61 Å². The molecule has 0 spiro atoms. The van der Waals surface area contributed by atoms with Crippen LogP contribution < -0.4 is 4.74 Å². The lowest BCUT2D eigenvalue weighted by atomic mass is 10.0. The van der Waals surface area contributed by atoms with Crippen LogP contribution in [0.4, 0.5) is 0 Å². The first-order valence-corrected chi connectivity index (χ1v) is 6.10. The summed E-state index contributed by atoms with van der Waals surface area (Å²) in [5, 5.41) is 5.54. The van der Waals surface area contributed by atoms with Crippen LogP contribution in [0.5, 0.6) is 5.88 Å². The van der Waals surface area contributed by atoms with Crippen LogP contribution in [-0.4, -0.2) is 30.8 Å². The maximum Gasteiger partial charge on any atom is 0.222 e. The lowest BCUT2D eigenvalue weighted by molar-refractivity contribution is 0.181. The Kier molecular flexibility index (Phi) is 4.57. The highest BCUT2D eigenvalue weighted by atomic mass is 35.5. The molecule has 2 aromatic rings. The number of azide groups is 1. The molecule has 7 nitrogen and oxygen atoms in total. The highest BCUT2D eigenvalue weighted by molar-refractivity contribution is 6.30. The fourth-order valence-corrected chi connectivity index (χ4v) is 2.10. The third-order valence-electron chi connectivity index (χ3n) is 2.80. The van der Waals surface area contributed by atoms with Gasteiger partial charge in [0.15, 0.2) is 0 Å². The molecule has 0 aliphatic rings. The van der Waals surface area contributed by atoms with E-state index in [1.165, 1.54) is 14.2 Å². The zero-order chi connectivity index (χ0) is 14.5. The number of hydrogen-bond donors (Lipinski definition) is 0. The first-order valence-electron chi connectivity index (χ1n) is 5.72. The van der Waals surface area contributed by atoms with Crippen LogP contribution in [0.1, 0.15) is 11.6 Å². The number of methoxy groups -OCH3 is 2. The first kappa shape index (κ1) is 14.3. The van der Waals surface area contributed by atoms with E-state index in [2.05, 4.69) is 20.0 Å². The average molecular weight is 294 g/mol. The van der Waals surface area contributed by atoms with E-state index >= 15 is 0 Å². The Morgan fingerprint density at radius 1 is 1.35 bits per heavy atom. The molecule has 0 radical (unpaired) electrons. The molecule has 0 unspecified atom stereocenters. The zero-order valence-corrected chi connectivity index (χ0v) is 11.7. The summed E-state index contributed by atoms with van der Waals surface area (Å²) in [6.45, 7) is 0.243. The minimum absolute atomic E-state index is 0.243. The molecule has 0 aliphatic carbocycles. The minimum Gasteiger partial charge on any atom is -0.481 e. The minimum atomic E-state index is -0.496. The Bertz CT molecular complexity index is 672. The van der Waals surface area contributed by atoms with Crippen molar-refractivity contribution in [3.63, 3.8) is 0 Å². The third kappa shape index (κ3) is 2.75. The Morgan fingerprint density at radius 3 is 2.80 bits per heavy atom. The monoisotopic (exact) mass is 293 g/mol. The number of rotatable bonds is 5. The molecule has 104 valence electrons. The highest BCUT2D eigenvalue weighted by Gasteiger charge is 2.16. The van der Waals surface area contributed by atoms with Gasteiger partial charge in [-0.3, -0.25) is 0 Å². The van der Waals surface area contributed by atoms with Crippen LogP contribution in [-0.2, 0) is 4.74 Å². The summed E-state index contributed by atoms with van der Waals surface area (Å²) in [5.74, 6) is 0.435. The second-order valence-electron chi connectivity index (χ2n) is 3.95. The van der Waals surface area contributed by atoms with Gasteiger partial charge in [0.1, 0.15) is 5.15 Å². The van der Waals surface area contributed by atoms with Crippen LogP contribution >= 0.6 is 11.6 Å². The maximum absolute atomic E-state index is 8.67. The lowest BCUT2D eigenvalue weighted by Gasteiger charge is -2.14. The van der Waals surface area contributed by atoms with E-state index < -0.39 is 6.04 Å². The summed E-state index contributed by atoms with van der Waals surface area (Å²) in [7, 11) is 3.06. The largest absolute Gasteiger partial charge is 0.481 e. The van der Waals surface area contributed by atoms with E-state index in [4.69, 9.17) is 26.6 Å². The van der Waals surface area contributed by atoms with Crippen LogP contribution in [0, 0.1) is 0 Å². The van der Waals surface area contributed by atoms with Gasteiger partial charge in [-0.2, -0.15) is 0 Å². The summed E-state index contributed by atoms with van der Waals surface area (Å²) in [5.41, 5.74) is 9.38. The van der Waals surface area contributed by atoms with Gasteiger partial charge >= 0.3 is 0 Å². The predicted octanol–water partition coefficient (Wildman–Crippen LogP) is 3.29. The molecule has 0 amide bonds. The van der Waals surface area contributed by atoms with Crippen LogP contribution in [0.2, 0.25) is 5.15 Å². The molecule has 2 heterocycles. The van der Waals surface area contributed by atoms with Gasteiger partial charge in [-0.1, -0.05) is 16.7 Å². The Labute approximate surface area is 120 Å². The van der Waals surface area contributed by atoms with Gasteiger partial charge in [0.25, 0.3) is 0 Å². The number of pyridine rings is 2. The van der Waals surface area contributed by atoms with E-state index in [0.29, 0.717) is 22.0 Å². The summed E-state index contributed by atoms with van der Waals surface area (Å²) in [6.07, 6.45) is 3.17. The van der Waals surface area contributed by atoms with Crippen molar-refractivity contribution in [3.8, 4) is 5.88 Å². The van der Waals surface area contributed by atoms with Gasteiger partial charge in [-0.05, 0) is 22.5 Å². The molecule has 2 rings (SSSR count). The molecule has 0 fully saturated rings. The summed E-state index contributed by atoms with van der Waals surface area (Å²) in [6, 6.07) is 1.19. The smallest absolute Gasteiger partial charge is 0.222 e. The molecule has 8 heteroatoms. The molecule has 0 saturated heterocycles. The standard InChI is InChI=1S/C12H12ClN5O2/c1-19-6-10(17-18-14)8-4-16-12(20-2)9-5-15-11(13)3-7(8)9/h3-5,10H,6H2,1-2H3/t10-/m0/s1. The quantitative estimate of drug-likeness (QED) is 0.366. The molecule has 0 N–H and O–H groups in total.